The van der Waals surface area contributed by atoms with Crippen molar-refractivity contribution in [2.45, 2.75) is 57.6 Å². The minimum absolute atomic E-state index is 0.107. The second-order valence-corrected chi connectivity index (χ2v) is 8.61. The van der Waals surface area contributed by atoms with Gasteiger partial charge in [0.1, 0.15) is 5.60 Å². The van der Waals surface area contributed by atoms with Gasteiger partial charge in [0.05, 0.1) is 12.6 Å². The standard InChI is InChI=1S/C17H29F2N3O2/c1-15(2,3)24-14(23)22-11-16(12-22)5-8-21(9-6-16)13-4-7-20-10-17(13,18)19/h13,20H,4-12H2,1-3H3/t13-/m1/s1. The summed E-state index contributed by atoms with van der Waals surface area (Å²) in [5.41, 5.74) is -0.376. The summed E-state index contributed by atoms with van der Waals surface area (Å²) >= 11 is 0. The van der Waals surface area contributed by atoms with E-state index in [1.54, 1.807) is 4.90 Å². The number of nitrogens with one attached hydrogen (secondary N) is 1. The monoisotopic (exact) mass is 345 g/mol. The van der Waals surface area contributed by atoms with Gasteiger partial charge >= 0.3 is 6.09 Å². The Hall–Kier alpha value is -0.950. The van der Waals surface area contributed by atoms with E-state index in [2.05, 4.69) is 5.32 Å². The SMILES string of the molecule is CC(C)(C)OC(=O)N1CC2(CCN([C@@H]3CCNCC3(F)F)CC2)C1. The number of alkyl halides is 2. The zero-order valence-electron chi connectivity index (χ0n) is 14.9. The average molecular weight is 345 g/mol. The third kappa shape index (κ3) is 3.67. The molecule has 7 heteroatoms. The zero-order valence-corrected chi connectivity index (χ0v) is 14.9. The predicted octanol–water partition coefficient (Wildman–Crippen LogP) is 2.32. The lowest BCUT2D eigenvalue weighted by atomic mass is 9.71. The largest absolute Gasteiger partial charge is 0.444 e. The first-order valence-electron chi connectivity index (χ1n) is 8.91. The van der Waals surface area contributed by atoms with Gasteiger partial charge in [-0.2, -0.15) is 0 Å². The first kappa shape index (κ1) is 17.9. The Morgan fingerprint density at radius 3 is 2.38 bits per heavy atom. The van der Waals surface area contributed by atoms with E-state index in [0.29, 0.717) is 39.1 Å². The number of piperidine rings is 2. The Balaban J connectivity index is 1.49. The molecule has 1 N–H and O–H groups in total. The van der Waals surface area contributed by atoms with E-state index in [0.717, 1.165) is 12.8 Å². The third-order valence-corrected chi connectivity index (χ3v) is 5.45. The molecule has 5 nitrogen and oxygen atoms in total. The molecule has 1 spiro atoms. The molecule has 0 aromatic rings. The van der Waals surface area contributed by atoms with Gasteiger partial charge in [0.25, 0.3) is 5.92 Å². The molecular formula is C17H29F2N3O2. The highest BCUT2D eigenvalue weighted by molar-refractivity contribution is 5.69. The fraction of sp³-hybridized carbons (Fsp3) is 0.941. The van der Waals surface area contributed by atoms with E-state index in [4.69, 9.17) is 4.74 Å². The average Bonchev–Trinajstić information content (AvgIpc) is 2.43. The van der Waals surface area contributed by atoms with Crippen molar-refractivity contribution in [2.24, 2.45) is 5.41 Å². The van der Waals surface area contributed by atoms with Gasteiger partial charge in [0.2, 0.25) is 0 Å². The van der Waals surface area contributed by atoms with Crippen LogP contribution in [0.4, 0.5) is 13.6 Å². The van der Waals surface area contributed by atoms with Gasteiger partial charge in [0.15, 0.2) is 0 Å². The lowest BCUT2D eigenvalue weighted by Crippen LogP contribution is -2.65. The number of hydrogen-bond donors (Lipinski definition) is 1. The molecule has 1 atom stereocenters. The maximum atomic E-state index is 14.1. The van der Waals surface area contributed by atoms with Crippen LogP contribution < -0.4 is 5.32 Å². The number of carbonyl (C=O) groups is 1. The molecule has 3 fully saturated rings. The van der Waals surface area contributed by atoms with Crippen molar-refractivity contribution in [3.63, 3.8) is 0 Å². The quantitative estimate of drug-likeness (QED) is 0.792. The summed E-state index contributed by atoms with van der Waals surface area (Å²) in [7, 11) is 0. The summed E-state index contributed by atoms with van der Waals surface area (Å²) in [5.74, 6) is -2.65. The van der Waals surface area contributed by atoms with E-state index in [1.165, 1.54) is 0 Å². The number of hydrogen-bond acceptors (Lipinski definition) is 4. The van der Waals surface area contributed by atoms with Crippen molar-refractivity contribution >= 4 is 6.09 Å². The van der Waals surface area contributed by atoms with Crippen LogP contribution in [-0.2, 0) is 4.74 Å². The van der Waals surface area contributed by atoms with Crippen molar-refractivity contribution in [2.75, 3.05) is 39.3 Å². The molecule has 0 radical (unpaired) electrons. The molecule has 0 bridgehead atoms. The molecule has 0 aromatic heterocycles. The van der Waals surface area contributed by atoms with E-state index < -0.39 is 17.6 Å². The molecule has 3 aliphatic heterocycles. The van der Waals surface area contributed by atoms with Crippen molar-refractivity contribution in [3.05, 3.63) is 0 Å². The summed E-state index contributed by atoms with van der Waals surface area (Å²) in [4.78, 5) is 15.7. The summed E-state index contributed by atoms with van der Waals surface area (Å²) in [6.07, 6.45) is 2.00. The molecule has 0 aromatic carbocycles. The van der Waals surface area contributed by atoms with E-state index >= 15 is 0 Å². The van der Waals surface area contributed by atoms with Crippen LogP contribution in [0.3, 0.4) is 0 Å². The van der Waals surface area contributed by atoms with Crippen LogP contribution in [0.25, 0.3) is 0 Å². The Bertz CT molecular complexity index is 477. The predicted molar refractivity (Wildman–Crippen MR) is 87.3 cm³/mol. The lowest BCUT2D eigenvalue weighted by Gasteiger charge is -2.55. The topological polar surface area (TPSA) is 44.8 Å². The Morgan fingerprint density at radius 1 is 1.21 bits per heavy atom. The molecule has 138 valence electrons. The van der Waals surface area contributed by atoms with Crippen LogP contribution in [0.5, 0.6) is 0 Å². The first-order valence-corrected chi connectivity index (χ1v) is 8.91. The summed E-state index contributed by atoms with van der Waals surface area (Å²) < 4.78 is 33.6. The minimum atomic E-state index is -2.65. The first-order chi connectivity index (χ1) is 11.1. The van der Waals surface area contributed by atoms with Crippen molar-refractivity contribution in [3.8, 4) is 0 Å². The number of carbonyl (C=O) groups excluding carboxylic acids is 1. The number of ether oxygens (including phenoxy) is 1. The van der Waals surface area contributed by atoms with E-state index in [1.807, 2.05) is 25.7 Å². The zero-order chi connectivity index (χ0) is 17.6. The van der Waals surface area contributed by atoms with Gasteiger partial charge in [-0.25, -0.2) is 13.6 Å². The summed E-state index contributed by atoms with van der Waals surface area (Å²) in [6.45, 7) is 8.80. The highest BCUT2D eigenvalue weighted by atomic mass is 19.3. The van der Waals surface area contributed by atoms with E-state index in [-0.39, 0.29) is 18.1 Å². The molecular weight excluding hydrogens is 316 g/mol. The number of halogens is 2. The van der Waals surface area contributed by atoms with Crippen molar-refractivity contribution < 1.29 is 18.3 Å². The van der Waals surface area contributed by atoms with Crippen LogP contribution in [0.2, 0.25) is 0 Å². The maximum Gasteiger partial charge on any atom is 0.410 e. The number of nitrogens with zero attached hydrogens (tertiary/aromatic N) is 2. The molecule has 0 aliphatic carbocycles. The molecule has 3 rings (SSSR count). The molecule has 0 saturated carbocycles. The summed E-state index contributed by atoms with van der Waals surface area (Å²) in [5, 5.41) is 2.78. The Morgan fingerprint density at radius 2 is 1.83 bits per heavy atom. The van der Waals surface area contributed by atoms with Crippen LogP contribution in [0.15, 0.2) is 0 Å². The Labute approximate surface area is 142 Å². The van der Waals surface area contributed by atoms with Gasteiger partial charge in [0, 0.05) is 18.5 Å². The van der Waals surface area contributed by atoms with Crippen molar-refractivity contribution in [1.82, 2.24) is 15.1 Å². The Kier molecular flexibility index (Phi) is 4.53. The van der Waals surface area contributed by atoms with Crippen LogP contribution in [0.1, 0.15) is 40.0 Å². The molecule has 3 saturated heterocycles. The second-order valence-electron chi connectivity index (χ2n) is 8.61. The molecule has 3 heterocycles. The van der Waals surface area contributed by atoms with Crippen LogP contribution in [0, 0.1) is 5.41 Å². The number of likely N-dealkylation sites (tertiary alicyclic amines) is 2. The smallest absolute Gasteiger partial charge is 0.410 e. The van der Waals surface area contributed by atoms with E-state index in [9.17, 15) is 13.6 Å². The maximum absolute atomic E-state index is 14.1. The fourth-order valence-corrected chi connectivity index (χ4v) is 4.12. The van der Waals surface area contributed by atoms with Gasteiger partial charge in [-0.3, -0.25) is 4.90 Å². The molecule has 1 amide bonds. The lowest BCUT2D eigenvalue weighted by molar-refractivity contribution is -0.120. The third-order valence-electron chi connectivity index (χ3n) is 5.45. The molecule has 24 heavy (non-hydrogen) atoms. The fourth-order valence-electron chi connectivity index (χ4n) is 4.12. The normalized spacial score (nSPS) is 30.0. The number of amides is 1. The molecule has 0 unspecified atom stereocenters. The van der Waals surface area contributed by atoms with Gasteiger partial charge in [-0.15, -0.1) is 0 Å². The van der Waals surface area contributed by atoms with Gasteiger partial charge in [-0.05, 0) is 59.7 Å². The van der Waals surface area contributed by atoms with Crippen LogP contribution in [-0.4, -0.2) is 72.7 Å². The highest BCUT2D eigenvalue weighted by Crippen LogP contribution is 2.42. The minimum Gasteiger partial charge on any atom is -0.444 e. The van der Waals surface area contributed by atoms with Crippen molar-refractivity contribution in [1.29, 1.82) is 0 Å². The number of rotatable bonds is 1. The second kappa shape index (κ2) is 6.09. The van der Waals surface area contributed by atoms with Gasteiger partial charge in [-0.1, -0.05) is 0 Å². The van der Waals surface area contributed by atoms with Crippen LogP contribution >= 0.6 is 0 Å². The summed E-state index contributed by atoms with van der Waals surface area (Å²) in [6, 6.07) is -0.641. The molecule has 3 aliphatic rings. The highest BCUT2D eigenvalue weighted by Gasteiger charge is 2.51. The van der Waals surface area contributed by atoms with Gasteiger partial charge < -0.3 is 15.0 Å².